The first-order chi connectivity index (χ1) is 13.8. The van der Waals surface area contributed by atoms with Crippen LogP contribution in [0.15, 0.2) is 0 Å². The highest BCUT2D eigenvalue weighted by Crippen LogP contribution is 2.43. The summed E-state index contributed by atoms with van der Waals surface area (Å²) in [6, 6.07) is -0.844. The molecule has 0 radical (unpaired) electrons. The first kappa shape index (κ1) is 23.0. The first-order valence-corrected chi connectivity index (χ1v) is 12.6. The molecule has 1 atom stereocenters. The molecule has 1 aliphatic carbocycles. The summed E-state index contributed by atoms with van der Waals surface area (Å²) in [7, 11) is -3.31. The minimum Gasteiger partial charge on any atom is -0.350 e. The smallest absolute Gasteiger partial charge is 0.325 e. The Kier molecular flexibility index (Phi) is 6.21. The van der Waals surface area contributed by atoms with Crippen LogP contribution in [0.5, 0.6) is 0 Å². The third kappa shape index (κ3) is 4.80. The summed E-state index contributed by atoms with van der Waals surface area (Å²) < 4.78 is 24.8. The molecule has 2 heterocycles. The summed E-state index contributed by atoms with van der Waals surface area (Å²) in [4.78, 5) is 39.0. The molecule has 9 nitrogen and oxygen atoms in total. The highest BCUT2D eigenvalue weighted by Gasteiger charge is 2.53. The van der Waals surface area contributed by atoms with Gasteiger partial charge in [0.05, 0.1) is 6.26 Å². The zero-order chi connectivity index (χ0) is 22.3. The fraction of sp³-hybridized carbons (Fsp3) is 0.850. The van der Waals surface area contributed by atoms with Gasteiger partial charge in [0, 0.05) is 19.1 Å². The van der Waals surface area contributed by atoms with E-state index in [2.05, 4.69) is 31.4 Å². The molecular weight excluding hydrogens is 408 g/mol. The second-order valence-corrected chi connectivity index (χ2v) is 12.1. The van der Waals surface area contributed by atoms with E-state index in [1.54, 1.807) is 0 Å². The van der Waals surface area contributed by atoms with Crippen molar-refractivity contribution in [2.45, 2.75) is 70.9 Å². The van der Waals surface area contributed by atoms with Gasteiger partial charge in [-0.15, -0.1) is 0 Å². The molecule has 3 rings (SSSR count). The Morgan fingerprint density at radius 2 is 1.83 bits per heavy atom. The molecule has 0 aromatic heterocycles. The number of piperidine rings is 1. The topological polar surface area (TPSA) is 116 Å². The quantitative estimate of drug-likeness (QED) is 0.632. The average Bonchev–Trinajstić information content (AvgIpc) is 2.85. The van der Waals surface area contributed by atoms with Gasteiger partial charge in [-0.3, -0.25) is 14.5 Å². The van der Waals surface area contributed by atoms with Gasteiger partial charge in [0.1, 0.15) is 12.1 Å². The Balaban J connectivity index is 1.57. The molecule has 0 aromatic rings. The number of urea groups is 1. The number of carbonyl (C=O) groups excluding carboxylic acids is 3. The minimum absolute atomic E-state index is 0.159. The highest BCUT2D eigenvalue weighted by atomic mass is 32.2. The molecule has 2 saturated heterocycles. The van der Waals surface area contributed by atoms with Crippen molar-refractivity contribution in [3.63, 3.8) is 0 Å². The summed E-state index contributed by atoms with van der Waals surface area (Å²) in [6.45, 7) is 6.89. The largest absolute Gasteiger partial charge is 0.350 e. The number of carbonyl (C=O) groups is 3. The first-order valence-electron chi connectivity index (χ1n) is 10.7. The molecule has 3 aliphatic rings. The fourth-order valence-corrected chi connectivity index (χ4v) is 5.83. The minimum atomic E-state index is -3.31. The number of hydrogen-bond acceptors (Lipinski definition) is 5. The van der Waals surface area contributed by atoms with E-state index in [1.165, 1.54) is 4.31 Å². The second kappa shape index (κ2) is 8.11. The van der Waals surface area contributed by atoms with Gasteiger partial charge in [-0.1, -0.05) is 20.8 Å². The standard InChI is InChI=1S/C20H34N4O5S/c1-19(2,3)14-7-9-20(10-8-14)17(26)24(18(27)22-20)13-16(25)21-15-6-5-11-23(12-15)30(4,28)29/h14-15H,5-13H2,1-4H3,(H,21,25)(H,22,27). The molecule has 1 unspecified atom stereocenters. The van der Waals surface area contributed by atoms with Crippen LogP contribution < -0.4 is 10.6 Å². The van der Waals surface area contributed by atoms with Crippen LogP contribution in [0, 0.1) is 11.3 Å². The van der Waals surface area contributed by atoms with Crippen LogP contribution >= 0.6 is 0 Å². The number of sulfonamides is 1. The van der Waals surface area contributed by atoms with Gasteiger partial charge < -0.3 is 10.6 Å². The molecule has 0 aromatic carbocycles. The summed E-state index contributed by atoms with van der Waals surface area (Å²) in [5.41, 5.74) is -0.732. The second-order valence-electron chi connectivity index (χ2n) is 10.1. The van der Waals surface area contributed by atoms with Crippen molar-refractivity contribution >= 4 is 27.9 Å². The molecule has 0 bridgehead atoms. The Bertz CT molecular complexity index is 812. The highest BCUT2D eigenvalue weighted by molar-refractivity contribution is 7.88. The van der Waals surface area contributed by atoms with Gasteiger partial charge in [0.15, 0.2) is 0 Å². The van der Waals surface area contributed by atoms with Crippen molar-refractivity contribution in [3.05, 3.63) is 0 Å². The van der Waals surface area contributed by atoms with Crippen LogP contribution in [-0.2, 0) is 19.6 Å². The van der Waals surface area contributed by atoms with E-state index in [0.717, 1.165) is 24.0 Å². The van der Waals surface area contributed by atoms with E-state index in [4.69, 9.17) is 0 Å². The maximum Gasteiger partial charge on any atom is 0.325 e. The molecule has 3 fully saturated rings. The molecule has 2 aliphatic heterocycles. The summed E-state index contributed by atoms with van der Waals surface area (Å²) in [5, 5.41) is 5.64. The van der Waals surface area contributed by atoms with E-state index in [9.17, 15) is 22.8 Å². The van der Waals surface area contributed by atoms with Crippen LogP contribution in [0.4, 0.5) is 4.79 Å². The van der Waals surface area contributed by atoms with Crippen molar-refractivity contribution in [3.8, 4) is 0 Å². The number of amides is 4. The van der Waals surface area contributed by atoms with E-state index in [-0.39, 0.29) is 30.5 Å². The number of rotatable bonds is 4. The third-order valence-electron chi connectivity index (χ3n) is 6.83. The lowest BCUT2D eigenvalue weighted by atomic mass is 9.67. The van der Waals surface area contributed by atoms with E-state index < -0.39 is 27.5 Å². The van der Waals surface area contributed by atoms with E-state index in [0.29, 0.717) is 38.1 Å². The number of imide groups is 1. The monoisotopic (exact) mass is 442 g/mol. The van der Waals surface area contributed by atoms with Crippen LogP contribution in [0.3, 0.4) is 0 Å². The fourth-order valence-electron chi connectivity index (χ4n) is 4.91. The van der Waals surface area contributed by atoms with Crippen LogP contribution in [0.2, 0.25) is 0 Å². The number of nitrogens with zero attached hydrogens (tertiary/aromatic N) is 2. The maximum atomic E-state index is 13.0. The molecule has 2 N–H and O–H groups in total. The van der Waals surface area contributed by atoms with Crippen molar-refractivity contribution in [2.24, 2.45) is 11.3 Å². The Morgan fingerprint density at radius 3 is 2.40 bits per heavy atom. The lowest BCUT2D eigenvalue weighted by Crippen LogP contribution is -2.52. The lowest BCUT2D eigenvalue weighted by molar-refractivity contribution is -0.136. The zero-order valence-electron chi connectivity index (χ0n) is 18.4. The average molecular weight is 443 g/mol. The van der Waals surface area contributed by atoms with Crippen LogP contribution in [0.25, 0.3) is 0 Å². The van der Waals surface area contributed by atoms with Crippen molar-refractivity contribution in [1.29, 1.82) is 0 Å². The van der Waals surface area contributed by atoms with Crippen molar-refractivity contribution in [2.75, 3.05) is 25.9 Å². The Hall–Kier alpha value is -1.68. The van der Waals surface area contributed by atoms with Gasteiger partial charge in [0.2, 0.25) is 15.9 Å². The van der Waals surface area contributed by atoms with Gasteiger partial charge in [0.25, 0.3) is 5.91 Å². The number of nitrogens with one attached hydrogen (secondary N) is 2. The predicted octanol–water partition coefficient (Wildman–Crippen LogP) is 1.05. The Labute approximate surface area is 179 Å². The van der Waals surface area contributed by atoms with Crippen molar-refractivity contribution < 1.29 is 22.8 Å². The maximum absolute atomic E-state index is 13.0. The normalized spacial score (nSPS) is 31.1. The summed E-state index contributed by atoms with van der Waals surface area (Å²) in [5.74, 6) is -0.273. The van der Waals surface area contributed by atoms with Gasteiger partial charge in [-0.2, -0.15) is 0 Å². The molecular formula is C20H34N4O5S. The molecule has 1 saturated carbocycles. The predicted molar refractivity (Wildman–Crippen MR) is 112 cm³/mol. The van der Waals surface area contributed by atoms with Crippen LogP contribution in [-0.4, -0.2) is 72.9 Å². The Morgan fingerprint density at radius 1 is 1.20 bits per heavy atom. The van der Waals surface area contributed by atoms with Gasteiger partial charge in [-0.25, -0.2) is 17.5 Å². The summed E-state index contributed by atoms with van der Waals surface area (Å²) in [6.07, 6.45) is 5.36. The van der Waals surface area contributed by atoms with E-state index >= 15 is 0 Å². The van der Waals surface area contributed by atoms with Gasteiger partial charge in [-0.05, 0) is 49.9 Å². The van der Waals surface area contributed by atoms with Crippen molar-refractivity contribution in [1.82, 2.24) is 19.8 Å². The molecule has 170 valence electrons. The summed E-state index contributed by atoms with van der Waals surface area (Å²) >= 11 is 0. The van der Waals surface area contributed by atoms with Crippen LogP contribution in [0.1, 0.15) is 59.3 Å². The lowest BCUT2D eigenvalue weighted by Gasteiger charge is -2.40. The number of hydrogen-bond donors (Lipinski definition) is 2. The molecule has 30 heavy (non-hydrogen) atoms. The van der Waals surface area contributed by atoms with Gasteiger partial charge >= 0.3 is 6.03 Å². The third-order valence-corrected chi connectivity index (χ3v) is 8.10. The van der Waals surface area contributed by atoms with E-state index in [1.807, 2.05) is 0 Å². The molecule has 10 heteroatoms. The molecule has 1 spiro atoms. The molecule has 4 amide bonds. The SMILES string of the molecule is CC(C)(C)C1CCC2(CC1)NC(=O)N(CC(=O)NC1CCCN(S(C)(=O)=O)C1)C2=O. The zero-order valence-corrected chi connectivity index (χ0v) is 19.2.